The highest BCUT2D eigenvalue weighted by molar-refractivity contribution is 5.91. The molecule has 2 heterocycles. The summed E-state index contributed by atoms with van der Waals surface area (Å²) >= 11 is 0. The van der Waals surface area contributed by atoms with Crippen LogP contribution in [0.25, 0.3) is 22.4 Å². The van der Waals surface area contributed by atoms with Gasteiger partial charge in [0, 0.05) is 18.0 Å². The number of aryl methyl sites for hydroxylation is 1. The fraction of sp³-hybridized carbons (Fsp3) is 0.143. The van der Waals surface area contributed by atoms with Gasteiger partial charge in [-0.25, -0.2) is 0 Å². The lowest BCUT2D eigenvalue weighted by atomic mass is 10.1. The van der Waals surface area contributed by atoms with Crippen LogP contribution in [0.15, 0.2) is 40.9 Å². The molecule has 0 saturated carbocycles. The van der Waals surface area contributed by atoms with Gasteiger partial charge in [0.05, 0.1) is 17.5 Å². The van der Waals surface area contributed by atoms with E-state index in [0.717, 1.165) is 16.5 Å². The van der Waals surface area contributed by atoms with E-state index in [2.05, 4.69) is 15.2 Å². The fourth-order valence-corrected chi connectivity index (χ4v) is 1.95. The lowest BCUT2D eigenvalue weighted by molar-refractivity contribution is -0.137. The third kappa shape index (κ3) is 2.35. The average Bonchev–Trinajstić information content (AvgIpc) is 2.93. The summed E-state index contributed by atoms with van der Waals surface area (Å²) in [6.45, 7) is 0. The quantitative estimate of drug-likeness (QED) is 0.781. The fourth-order valence-electron chi connectivity index (χ4n) is 1.95. The van der Waals surface area contributed by atoms with Crippen LogP contribution in [-0.4, -0.2) is 26.3 Å². The molecule has 20 heavy (non-hydrogen) atoms. The zero-order chi connectivity index (χ0) is 13.9. The molecule has 2 aromatic heterocycles. The molecule has 0 amide bonds. The summed E-state index contributed by atoms with van der Waals surface area (Å²) < 4.78 is 5.50. The summed E-state index contributed by atoms with van der Waals surface area (Å²) in [5, 5.41) is 17.5. The number of nitrogens with zero attached hydrogens (tertiary/aromatic N) is 3. The first-order chi connectivity index (χ1) is 9.74. The molecule has 0 saturated heterocycles. The Morgan fingerprint density at radius 1 is 1.20 bits per heavy atom. The Bertz CT molecular complexity index is 762. The summed E-state index contributed by atoms with van der Waals surface area (Å²) in [5.74, 6) is -0.221. The second-order valence-electron chi connectivity index (χ2n) is 4.28. The number of carboxylic acids is 1. The molecular weight excluding hydrogens is 258 g/mol. The summed E-state index contributed by atoms with van der Waals surface area (Å²) in [5.41, 5.74) is 1.53. The molecule has 1 aromatic carbocycles. The Hall–Kier alpha value is -2.76. The second kappa shape index (κ2) is 5.08. The van der Waals surface area contributed by atoms with Crippen LogP contribution in [0, 0.1) is 0 Å². The minimum atomic E-state index is -0.892. The predicted molar refractivity (Wildman–Crippen MR) is 71.0 cm³/mol. The third-order valence-corrected chi connectivity index (χ3v) is 2.88. The first-order valence-electron chi connectivity index (χ1n) is 6.12. The van der Waals surface area contributed by atoms with Gasteiger partial charge in [-0.1, -0.05) is 18.2 Å². The number of aromatic nitrogens is 3. The summed E-state index contributed by atoms with van der Waals surface area (Å²) in [6, 6.07) is 9.50. The van der Waals surface area contributed by atoms with Crippen molar-refractivity contribution in [2.75, 3.05) is 0 Å². The number of fused-ring (bicyclic) bond motifs is 1. The molecule has 0 spiro atoms. The maximum atomic E-state index is 10.5. The van der Waals surface area contributed by atoms with Gasteiger partial charge in [-0.15, -0.1) is 10.2 Å². The van der Waals surface area contributed by atoms with E-state index in [1.807, 2.05) is 30.3 Å². The highest BCUT2D eigenvalue weighted by atomic mass is 16.4. The standard InChI is InChI=1S/C14H11N3O3/c18-12(19)7-6-11-16-17-14(20-11)10-5-1-3-9-4-2-8-15-13(9)10/h1-5,8H,6-7H2,(H,18,19). The molecule has 0 fully saturated rings. The number of pyridine rings is 1. The van der Waals surface area contributed by atoms with Gasteiger partial charge in [0.1, 0.15) is 0 Å². The number of para-hydroxylation sites is 1. The highest BCUT2D eigenvalue weighted by Crippen LogP contribution is 2.25. The maximum Gasteiger partial charge on any atom is 0.303 e. The Morgan fingerprint density at radius 2 is 2.05 bits per heavy atom. The third-order valence-electron chi connectivity index (χ3n) is 2.88. The number of carbonyl (C=O) groups is 1. The first kappa shape index (κ1) is 12.3. The van der Waals surface area contributed by atoms with Crippen LogP contribution in [0.4, 0.5) is 0 Å². The van der Waals surface area contributed by atoms with E-state index in [-0.39, 0.29) is 12.8 Å². The average molecular weight is 269 g/mol. The number of hydrogen-bond donors (Lipinski definition) is 1. The lowest BCUT2D eigenvalue weighted by Crippen LogP contribution is -1.97. The van der Waals surface area contributed by atoms with Crippen molar-refractivity contribution in [2.45, 2.75) is 12.8 Å². The minimum Gasteiger partial charge on any atom is -0.481 e. The van der Waals surface area contributed by atoms with Crippen LogP contribution >= 0.6 is 0 Å². The summed E-state index contributed by atoms with van der Waals surface area (Å²) in [4.78, 5) is 14.8. The van der Waals surface area contributed by atoms with Gasteiger partial charge < -0.3 is 9.52 Å². The SMILES string of the molecule is O=C(O)CCc1nnc(-c2cccc3cccnc23)o1. The molecule has 6 heteroatoms. The number of aliphatic carboxylic acids is 1. The molecule has 0 unspecified atom stereocenters. The van der Waals surface area contributed by atoms with Crippen molar-refractivity contribution in [2.24, 2.45) is 0 Å². The molecule has 3 rings (SSSR count). The number of benzene rings is 1. The van der Waals surface area contributed by atoms with E-state index >= 15 is 0 Å². The number of carboxylic acid groups (broad SMARTS) is 1. The van der Waals surface area contributed by atoms with Gasteiger partial charge in [-0.2, -0.15) is 0 Å². The maximum absolute atomic E-state index is 10.5. The van der Waals surface area contributed by atoms with Crippen LogP contribution < -0.4 is 0 Å². The largest absolute Gasteiger partial charge is 0.481 e. The van der Waals surface area contributed by atoms with Crippen molar-refractivity contribution < 1.29 is 14.3 Å². The zero-order valence-electron chi connectivity index (χ0n) is 10.5. The molecular formula is C14H11N3O3. The number of hydrogen-bond acceptors (Lipinski definition) is 5. The molecule has 0 aliphatic carbocycles. The Balaban J connectivity index is 1.97. The van der Waals surface area contributed by atoms with Crippen molar-refractivity contribution in [3.05, 3.63) is 42.4 Å². The lowest BCUT2D eigenvalue weighted by Gasteiger charge is -2.00. The Morgan fingerprint density at radius 3 is 2.90 bits per heavy atom. The van der Waals surface area contributed by atoms with Crippen molar-refractivity contribution in [1.82, 2.24) is 15.2 Å². The Kier molecular flexibility index (Phi) is 3.12. The van der Waals surface area contributed by atoms with Crippen LogP contribution in [0.3, 0.4) is 0 Å². The van der Waals surface area contributed by atoms with Gasteiger partial charge in [0.2, 0.25) is 11.8 Å². The van der Waals surface area contributed by atoms with Crippen molar-refractivity contribution in [3.8, 4) is 11.5 Å². The molecule has 3 aromatic rings. The first-order valence-corrected chi connectivity index (χ1v) is 6.12. The van der Waals surface area contributed by atoms with Crippen molar-refractivity contribution in [1.29, 1.82) is 0 Å². The molecule has 0 aliphatic rings. The van der Waals surface area contributed by atoms with E-state index in [1.54, 1.807) is 6.20 Å². The molecule has 0 radical (unpaired) electrons. The van der Waals surface area contributed by atoms with Gasteiger partial charge in [-0.3, -0.25) is 9.78 Å². The van der Waals surface area contributed by atoms with E-state index in [9.17, 15) is 4.79 Å². The van der Waals surface area contributed by atoms with E-state index in [4.69, 9.17) is 9.52 Å². The van der Waals surface area contributed by atoms with E-state index < -0.39 is 5.97 Å². The van der Waals surface area contributed by atoms with Gasteiger partial charge >= 0.3 is 5.97 Å². The van der Waals surface area contributed by atoms with Gasteiger partial charge in [0.25, 0.3) is 0 Å². The summed E-state index contributed by atoms with van der Waals surface area (Å²) in [6.07, 6.45) is 1.89. The van der Waals surface area contributed by atoms with Crippen molar-refractivity contribution in [3.63, 3.8) is 0 Å². The molecule has 0 bridgehead atoms. The molecule has 1 N–H and O–H groups in total. The molecule has 0 aliphatic heterocycles. The van der Waals surface area contributed by atoms with Crippen LogP contribution in [0.5, 0.6) is 0 Å². The monoisotopic (exact) mass is 269 g/mol. The van der Waals surface area contributed by atoms with Crippen LogP contribution in [0.1, 0.15) is 12.3 Å². The minimum absolute atomic E-state index is 0.0323. The second-order valence-corrected chi connectivity index (χ2v) is 4.28. The van der Waals surface area contributed by atoms with E-state index in [1.165, 1.54) is 0 Å². The van der Waals surface area contributed by atoms with E-state index in [0.29, 0.717) is 11.8 Å². The van der Waals surface area contributed by atoms with Gasteiger partial charge in [-0.05, 0) is 12.1 Å². The predicted octanol–water partition coefficient (Wildman–Crippen LogP) is 2.30. The molecule has 6 nitrogen and oxygen atoms in total. The van der Waals surface area contributed by atoms with Crippen molar-refractivity contribution >= 4 is 16.9 Å². The van der Waals surface area contributed by atoms with Crippen LogP contribution in [-0.2, 0) is 11.2 Å². The van der Waals surface area contributed by atoms with Gasteiger partial charge in [0.15, 0.2) is 0 Å². The highest BCUT2D eigenvalue weighted by Gasteiger charge is 2.13. The molecule has 0 atom stereocenters. The van der Waals surface area contributed by atoms with Crippen LogP contribution in [0.2, 0.25) is 0 Å². The number of rotatable bonds is 4. The topological polar surface area (TPSA) is 89.1 Å². The normalized spacial score (nSPS) is 10.8. The zero-order valence-corrected chi connectivity index (χ0v) is 10.5. The summed E-state index contributed by atoms with van der Waals surface area (Å²) in [7, 11) is 0. The Labute approximate surface area is 114 Å². The molecule has 100 valence electrons. The smallest absolute Gasteiger partial charge is 0.303 e.